The number of aromatic amines is 1. The summed E-state index contributed by atoms with van der Waals surface area (Å²) in [4.78, 5) is 11.1. The maximum Gasteiger partial charge on any atom is 0.130 e. The van der Waals surface area contributed by atoms with Gasteiger partial charge in [-0.25, -0.2) is 4.39 Å². The van der Waals surface area contributed by atoms with Crippen LogP contribution in [0.1, 0.15) is 44.3 Å². The SMILES string of the molecule is CC(c1cc(-c2ccncc2)n[nH]1)N1C2CCC1CC(Oc1ccnc3ccc(F)cc13)C2. The van der Waals surface area contributed by atoms with E-state index in [-0.39, 0.29) is 18.0 Å². The van der Waals surface area contributed by atoms with E-state index < -0.39 is 0 Å². The Labute approximate surface area is 191 Å². The highest BCUT2D eigenvalue weighted by atomic mass is 19.1. The molecule has 2 aliphatic heterocycles. The molecule has 6 rings (SSSR count). The summed E-state index contributed by atoms with van der Waals surface area (Å²) >= 11 is 0. The summed E-state index contributed by atoms with van der Waals surface area (Å²) in [5.41, 5.74) is 3.90. The molecule has 168 valence electrons. The second-order valence-electron chi connectivity index (χ2n) is 9.13. The van der Waals surface area contributed by atoms with E-state index in [1.54, 1.807) is 24.7 Å². The number of ether oxygens (including phenoxy) is 1. The molecular formula is C26H26FN5O. The molecule has 3 unspecified atom stereocenters. The Bertz CT molecular complexity index is 1260. The molecule has 2 saturated heterocycles. The van der Waals surface area contributed by atoms with E-state index in [1.165, 1.54) is 25.0 Å². The molecule has 1 aromatic carbocycles. The van der Waals surface area contributed by atoms with Crippen LogP contribution in [0.15, 0.2) is 61.1 Å². The minimum Gasteiger partial charge on any atom is -0.490 e. The summed E-state index contributed by atoms with van der Waals surface area (Å²) in [6, 6.07) is 13.8. The lowest BCUT2D eigenvalue weighted by Gasteiger charge is -2.42. The maximum atomic E-state index is 13.8. The summed E-state index contributed by atoms with van der Waals surface area (Å²) in [5.74, 6) is 0.454. The van der Waals surface area contributed by atoms with E-state index in [0.717, 1.165) is 46.4 Å². The van der Waals surface area contributed by atoms with Crippen LogP contribution in [-0.2, 0) is 0 Å². The molecule has 2 bridgehead atoms. The van der Waals surface area contributed by atoms with Crippen molar-refractivity contribution in [3.8, 4) is 17.0 Å². The monoisotopic (exact) mass is 443 g/mol. The lowest BCUT2D eigenvalue weighted by molar-refractivity contribution is 0.0250. The zero-order valence-electron chi connectivity index (χ0n) is 18.5. The molecule has 7 heteroatoms. The fourth-order valence-corrected chi connectivity index (χ4v) is 5.65. The van der Waals surface area contributed by atoms with Crippen molar-refractivity contribution < 1.29 is 9.13 Å². The zero-order valence-corrected chi connectivity index (χ0v) is 18.5. The van der Waals surface area contributed by atoms with Crippen LogP contribution in [0.2, 0.25) is 0 Å². The zero-order chi connectivity index (χ0) is 22.4. The Morgan fingerprint density at radius 1 is 1.03 bits per heavy atom. The molecule has 0 aliphatic carbocycles. The number of rotatable bonds is 5. The second-order valence-corrected chi connectivity index (χ2v) is 9.13. The summed E-state index contributed by atoms with van der Waals surface area (Å²) < 4.78 is 20.3. The van der Waals surface area contributed by atoms with Gasteiger partial charge in [0.15, 0.2) is 0 Å². The topological polar surface area (TPSA) is 66.9 Å². The molecule has 4 aromatic rings. The van der Waals surface area contributed by atoms with E-state index in [0.29, 0.717) is 12.1 Å². The predicted octanol–water partition coefficient (Wildman–Crippen LogP) is 5.29. The number of piperidine rings is 1. The maximum absolute atomic E-state index is 13.8. The molecule has 0 spiro atoms. The van der Waals surface area contributed by atoms with Crippen molar-refractivity contribution in [3.05, 3.63) is 72.6 Å². The smallest absolute Gasteiger partial charge is 0.130 e. The van der Waals surface area contributed by atoms with Gasteiger partial charge in [-0.1, -0.05) is 0 Å². The first-order chi connectivity index (χ1) is 16.2. The quantitative estimate of drug-likeness (QED) is 0.454. The Morgan fingerprint density at radius 3 is 2.61 bits per heavy atom. The third-order valence-electron chi connectivity index (χ3n) is 7.17. The van der Waals surface area contributed by atoms with E-state index >= 15 is 0 Å². The van der Waals surface area contributed by atoms with Gasteiger partial charge in [-0.3, -0.25) is 20.0 Å². The fraction of sp³-hybridized carbons (Fsp3) is 0.346. The minimum atomic E-state index is -0.269. The Morgan fingerprint density at radius 2 is 1.82 bits per heavy atom. The minimum absolute atomic E-state index is 0.119. The number of pyridine rings is 2. The number of hydrogen-bond acceptors (Lipinski definition) is 5. The molecule has 0 radical (unpaired) electrons. The van der Waals surface area contributed by atoms with Crippen molar-refractivity contribution in [1.82, 2.24) is 25.1 Å². The van der Waals surface area contributed by atoms with Gasteiger partial charge in [-0.05, 0) is 75.1 Å². The molecule has 3 atom stereocenters. The highest BCUT2D eigenvalue weighted by Crippen LogP contribution is 2.43. The number of H-pyrrole nitrogens is 1. The van der Waals surface area contributed by atoms with Crippen LogP contribution in [0.4, 0.5) is 4.39 Å². The van der Waals surface area contributed by atoms with Crippen molar-refractivity contribution in [1.29, 1.82) is 0 Å². The van der Waals surface area contributed by atoms with E-state index in [2.05, 4.69) is 38.1 Å². The summed E-state index contributed by atoms with van der Waals surface area (Å²) in [5, 5.41) is 8.54. The molecule has 2 fully saturated rings. The van der Waals surface area contributed by atoms with Crippen molar-refractivity contribution in [2.24, 2.45) is 0 Å². The van der Waals surface area contributed by atoms with Gasteiger partial charge in [-0.15, -0.1) is 0 Å². The van der Waals surface area contributed by atoms with Gasteiger partial charge in [-0.2, -0.15) is 5.10 Å². The largest absolute Gasteiger partial charge is 0.490 e. The van der Waals surface area contributed by atoms with Gasteiger partial charge in [0.05, 0.1) is 16.9 Å². The van der Waals surface area contributed by atoms with Gasteiger partial charge in [0.25, 0.3) is 0 Å². The highest BCUT2D eigenvalue weighted by molar-refractivity contribution is 5.84. The predicted molar refractivity (Wildman–Crippen MR) is 124 cm³/mol. The van der Waals surface area contributed by atoms with Crippen molar-refractivity contribution in [2.45, 2.75) is 56.8 Å². The number of nitrogens with one attached hydrogen (secondary N) is 1. The third kappa shape index (κ3) is 3.76. The van der Waals surface area contributed by atoms with Crippen molar-refractivity contribution >= 4 is 10.9 Å². The van der Waals surface area contributed by atoms with Crippen LogP contribution in [0.3, 0.4) is 0 Å². The van der Waals surface area contributed by atoms with E-state index in [4.69, 9.17) is 4.74 Å². The van der Waals surface area contributed by atoms with Gasteiger partial charge in [0.2, 0.25) is 0 Å². The lowest BCUT2D eigenvalue weighted by atomic mass is 9.96. The number of fused-ring (bicyclic) bond motifs is 3. The van der Waals surface area contributed by atoms with E-state index in [1.807, 2.05) is 18.2 Å². The van der Waals surface area contributed by atoms with Gasteiger partial charge < -0.3 is 4.74 Å². The first-order valence-corrected chi connectivity index (χ1v) is 11.6. The van der Waals surface area contributed by atoms with Gasteiger partial charge in [0.1, 0.15) is 17.7 Å². The van der Waals surface area contributed by atoms with Crippen LogP contribution >= 0.6 is 0 Å². The van der Waals surface area contributed by atoms with Crippen LogP contribution in [0.5, 0.6) is 5.75 Å². The van der Waals surface area contributed by atoms with Crippen LogP contribution < -0.4 is 4.74 Å². The Kier molecular flexibility index (Phi) is 5.06. The molecule has 33 heavy (non-hydrogen) atoms. The fourth-order valence-electron chi connectivity index (χ4n) is 5.65. The van der Waals surface area contributed by atoms with Crippen molar-refractivity contribution in [3.63, 3.8) is 0 Å². The molecular weight excluding hydrogens is 417 g/mol. The second kappa shape index (κ2) is 8.23. The summed E-state index contributed by atoms with van der Waals surface area (Å²) in [6.45, 7) is 2.26. The molecule has 2 aliphatic rings. The Balaban J connectivity index is 1.19. The molecule has 6 nitrogen and oxygen atoms in total. The van der Waals surface area contributed by atoms with Crippen LogP contribution in [0, 0.1) is 5.82 Å². The number of aromatic nitrogens is 4. The van der Waals surface area contributed by atoms with Gasteiger partial charge >= 0.3 is 0 Å². The Hall–Kier alpha value is -3.32. The first kappa shape index (κ1) is 20.3. The summed E-state index contributed by atoms with van der Waals surface area (Å²) in [7, 11) is 0. The average Bonchev–Trinajstić information content (AvgIpc) is 3.43. The molecule has 0 saturated carbocycles. The molecule has 5 heterocycles. The third-order valence-corrected chi connectivity index (χ3v) is 7.17. The van der Waals surface area contributed by atoms with Gasteiger partial charge in [0, 0.05) is 47.7 Å². The standard InChI is InChI=1S/C26H26FN5O/c1-16(24-15-25(31-30-24)17-6-9-28-10-7-17)32-19-3-4-20(32)14-21(13-19)33-26-8-11-29-23-5-2-18(27)12-22(23)26/h2,5-12,15-16,19-21H,3-4,13-14H2,1H3,(H,30,31). The van der Waals surface area contributed by atoms with Crippen molar-refractivity contribution in [2.75, 3.05) is 0 Å². The highest BCUT2D eigenvalue weighted by Gasteiger charge is 2.44. The summed E-state index contributed by atoms with van der Waals surface area (Å²) in [6.07, 6.45) is 9.71. The average molecular weight is 444 g/mol. The lowest BCUT2D eigenvalue weighted by Crippen LogP contribution is -2.47. The van der Waals surface area contributed by atoms with E-state index in [9.17, 15) is 4.39 Å². The number of benzene rings is 1. The van der Waals surface area contributed by atoms with Crippen LogP contribution in [0.25, 0.3) is 22.2 Å². The first-order valence-electron chi connectivity index (χ1n) is 11.6. The number of halogens is 1. The van der Waals surface area contributed by atoms with Crippen LogP contribution in [-0.4, -0.2) is 43.3 Å². The number of nitrogens with zero attached hydrogens (tertiary/aromatic N) is 4. The molecule has 1 N–H and O–H groups in total. The normalized spacial score (nSPS) is 23.6. The molecule has 3 aromatic heterocycles. The molecule has 0 amide bonds. The number of hydrogen-bond donors (Lipinski definition) is 1.